The van der Waals surface area contributed by atoms with Crippen molar-refractivity contribution in [3.63, 3.8) is 0 Å². The lowest BCUT2D eigenvalue weighted by Gasteiger charge is -2.26. The summed E-state index contributed by atoms with van der Waals surface area (Å²) < 4.78 is 26.1. The van der Waals surface area contributed by atoms with E-state index in [1.165, 1.54) is 16.4 Å². The van der Waals surface area contributed by atoms with Crippen LogP contribution >= 0.6 is 23.2 Å². The maximum atomic E-state index is 12.4. The van der Waals surface area contributed by atoms with Crippen molar-refractivity contribution in [3.8, 4) is 0 Å². The summed E-state index contributed by atoms with van der Waals surface area (Å²) in [7, 11) is -1.94. The smallest absolute Gasteiger partial charge is 0.207 e. The predicted octanol–water partition coefficient (Wildman–Crippen LogP) is 3.75. The van der Waals surface area contributed by atoms with E-state index in [0.29, 0.717) is 11.6 Å². The Morgan fingerprint density at radius 1 is 1.26 bits per heavy atom. The maximum Gasteiger partial charge on any atom is 0.242 e. The normalized spacial score (nSPS) is 13.0. The van der Waals surface area contributed by atoms with Gasteiger partial charge in [0, 0.05) is 24.5 Å². The number of hydrogen-bond acceptors (Lipinski definition) is 2. The SMILES string of the molecule is CN(CC(C)(C)C)S(=O)(=O)c1ccc(CCl)c(Cl)c1. The molecule has 19 heavy (non-hydrogen) atoms. The molecule has 0 saturated heterocycles. The van der Waals surface area contributed by atoms with Crippen LogP contribution < -0.4 is 0 Å². The Hall–Kier alpha value is -0.290. The van der Waals surface area contributed by atoms with E-state index in [1.54, 1.807) is 13.1 Å². The second kappa shape index (κ2) is 6.00. The van der Waals surface area contributed by atoms with Crippen LogP contribution in [-0.2, 0) is 15.9 Å². The molecule has 0 aliphatic heterocycles. The molecule has 0 unspecified atom stereocenters. The first kappa shape index (κ1) is 16.8. The Kier molecular flexibility index (Phi) is 5.29. The van der Waals surface area contributed by atoms with Gasteiger partial charge in [0.25, 0.3) is 0 Å². The average molecular weight is 324 g/mol. The summed E-state index contributed by atoms with van der Waals surface area (Å²) in [4.78, 5) is 0.193. The van der Waals surface area contributed by atoms with Gasteiger partial charge in [-0.25, -0.2) is 12.7 Å². The first-order valence-corrected chi connectivity index (χ1v) is 8.24. The topological polar surface area (TPSA) is 37.4 Å². The number of benzene rings is 1. The zero-order chi connectivity index (χ0) is 14.8. The second-order valence-corrected chi connectivity index (χ2v) is 8.43. The summed E-state index contributed by atoms with van der Waals surface area (Å²) >= 11 is 11.7. The molecular formula is C13H19Cl2NO2S. The summed E-state index contributed by atoms with van der Waals surface area (Å²) in [6.45, 7) is 6.40. The fourth-order valence-corrected chi connectivity index (χ4v) is 3.77. The van der Waals surface area contributed by atoms with E-state index < -0.39 is 10.0 Å². The highest BCUT2D eigenvalue weighted by Gasteiger charge is 2.25. The van der Waals surface area contributed by atoms with E-state index in [9.17, 15) is 8.42 Å². The summed E-state index contributed by atoms with van der Waals surface area (Å²) in [6.07, 6.45) is 0. The molecule has 6 heteroatoms. The van der Waals surface area contributed by atoms with Crippen molar-refractivity contribution in [1.29, 1.82) is 0 Å². The largest absolute Gasteiger partial charge is 0.242 e. The number of rotatable bonds is 4. The molecule has 1 aromatic carbocycles. The van der Waals surface area contributed by atoms with Crippen LogP contribution in [0.15, 0.2) is 23.1 Å². The van der Waals surface area contributed by atoms with Crippen molar-refractivity contribution >= 4 is 33.2 Å². The molecule has 1 rings (SSSR count). The van der Waals surface area contributed by atoms with Crippen LogP contribution in [0.4, 0.5) is 0 Å². The van der Waals surface area contributed by atoms with Crippen molar-refractivity contribution < 1.29 is 8.42 Å². The summed E-state index contributed by atoms with van der Waals surface area (Å²) in [6, 6.07) is 4.64. The molecule has 0 amide bonds. The number of alkyl halides is 1. The van der Waals surface area contributed by atoms with Crippen LogP contribution in [0.3, 0.4) is 0 Å². The minimum atomic E-state index is -3.51. The lowest BCUT2D eigenvalue weighted by atomic mass is 9.97. The fourth-order valence-electron chi connectivity index (χ4n) is 1.73. The van der Waals surface area contributed by atoms with Crippen molar-refractivity contribution in [2.45, 2.75) is 31.5 Å². The van der Waals surface area contributed by atoms with Gasteiger partial charge >= 0.3 is 0 Å². The van der Waals surface area contributed by atoms with Gasteiger partial charge in [-0.2, -0.15) is 0 Å². The standard InChI is InChI=1S/C13H19Cl2NO2S/c1-13(2,3)9-16(4)19(17,18)11-6-5-10(8-14)12(15)7-11/h5-7H,8-9H2,1-4H3. The zero-order valence-corrected chi connectivity index (χ0v) is 13.9. The Balaban J connectivity index is 3.10. The molecule has 0 aromatic heterocycles. The molecular weight excluding hydrogens is 305 g/mol. The second-order valence-electron chi connectivity index (χ2n) is 5.71. The van der Waals surface area contributed by atoms with Gasteiger partial charge in [-0.15, -0.1) is 11.6 Å². The third-order valence-corrected chi connectivity index (χ3v) is 5.01. The Morgan fingerprint density at radius 3 is 2.26 bits per heavy atom. The maximum absolute atomic E-state index is 12.4. The molecule has 0 N–H and O–H groups in total. The zero-order valence-electron chi connectivity index (χ0n) is 11.6. The molecule has 0 radical (unpaired) electrons. The summed E-state index contributed by atoms with van der Waals surface area (Å²) in [5.74, 6) is 0.261. The summed E-state index contributed by atoms with van der Waals surface area (Å²) in [5, 5.41) is 0.375. The number of nitrogens with zero attached hydrogens (tertiary/aromatic N) is 1. The quantitative estimate of drug-likeness (QED) is 0.791. The first-order chi connectivity index (χ1) is 8.58. The highest BCUT2D eigenvalue weighted by molar-refractivity contribution is 7.89. The van der Waals surface area contributed by atoms with Gasteiger partial charge in [0.15, 0.2) is 0 Å². The number of hydrogen-bond donors (Lipinski definition) is 0. The van der Waals surface area contributed by atoms with Crippen LogP contribution in [0.2, 0.25) is 5.02 Å². The predicted molar refractivity (Wildman–Crippen MR) is 80.3 cm³/mol. The van der Waals surface area contributed by atoms with Gasteiger partial charge in [-0.05, 0) is 23.1 Å². The first-order valence-electron chi connectivity index (χ1n) is 5.88. The van der Waals surface area contributed by atoms with Crippen molar-refractivity contribution in [2.24, 2.45) is 5.41 Å². The molecule has 3 nitrogen and oxygen atoms in total. The fraction of sp³-hybridized carbons (Fsp3) is 0.538. The van der Waals surface area contributed by atoms with E-state index in [4.69, 9.17) is 23.2 Å². The minimum absolute atomic E-state index is 0.109. The van der Waals surface area contributed by atoms with Crippen molar-refractivity contribution in [3.05, 3.63) is 28.8 Å². The van der Waals surface area contributed by atoms with Crippen LogP contribution in [0.5, 0.6) is 0 Å². The van der Waals surface area contributed by atoms with Gasteiger partial charge in [-0.3, -0.25) is 0 Å². The van der Waals surface area contributed by atoms with E-state index in [-0.39, 0.29) is 16.2 Å². The van der Waals surface area contributed by atoms with Gasteiger partial charge < -0.3 is 0 Å². The molecule has 0 aliphatic carbocycles. The van der Waals surface area contributed by atoms with Gasteiger partial charge in [0.1, 0.15) is 0 Å². The Bertz CT molecular complexity index is 550. The third kappa shape index (κ3) is 4.35. The van der Waals surface area contributed by atoms with Crippen LogP contribution in [0.25, 0.3) is 0 Å². The van der Waals surface area contributed by atoms with Crippen molar-refractivity contribution in [1.82, 2.24) is 4.31 Å². The van der Waals surface area contributed by atoms with Crippen LogP contribution in [-0.4, -0.2) is 26.3 Å². The lowest BCUT2D eigenvalue weighted by Crippen LogP contribution is -2.34. The molecule has 0 heterocycles. The van der Waals surface area contributed by atoms with Gasteiger partial charge in [0.05, 0.1) is 4.90 Å². The highest BCUT2D eigenvalue weighted by atomic mass is 35.5. The Morgan fingerprint density at radius 2 is 1.84 bits per heavy atom. The van der Waals surface area contributed by atoms with E-state index >= 15 is 0 Å². The molecule has 0 bridgehead atoms. The molecule has 0 saturated carbocycles. The van der Waals surface area contributed by atoms with Crippen LogP contribution in [0, 0.1) is 5.41 Å². The lowest BCUT2D eigenvalue weighted by molar-refractivity contribution is 0.311. The minimum Gasteiger partial charge on any atom is -0.207 e. The molecule has 108 valence electrons. The van der Waals surface area contributed by atoms with E-state index in [1.807, 2.05) is 20.8 Å². The molecule has 0 fully saturated rings. The molecule has 1 aromatic rings. The average Bonchev–Trinajstić information content (AvgIpc) is 2.26. The number of halogens is 2. The van der Waals surface area contributed by atoms with E-state index in [0.717, 1.165) is 5.56 Å². The monoisotopic (exact) mass is 323 g/mol. The molecule has 0 spiro atoms. The van der Waals surface area contributed by atoms with Crippen LogP contribution in [0.1, 0.15) is 26.3 Å². The van der Waals surface area contributed by atoms with Gasteiger partial charge in [-0.1, -0.05) is 38.4 Å². The number of sulfonamides is 1. The summed E-state index contributed by atoms with van der Waals surface area (Å²) in [5.41, 5.74) is 0.613. The Labute approximate surface area is 125 Å². The molecule has 0 aliphatic rings. The third-order valence-electron chi connectivity index (χ3n) is 2.57. The highest BCUT2D eigenvalue weighted by Crippen LogP contribution is 2.25. The van der Waals surface area contributed by atoms with E-state index in [2.05, 4.69) is 0 Å². The van der Waals surface area contributed by atoms with Crippen molar-refractivity contribution in [2.75, 3.05) is 13.6 Å². The van der Waals surface area contributed by atoms with Gasteiger partial charge in [0.2, 0.25) is 10.0 Å². The molecule has 0 atom stereocenters.